The van der Waals surface area contributed by atoms with Crippen LogP contribution in [0.25, 0.3) is 11.1 Å². The van der Waals surface area contributed by atoms with Gasteiger partial charge in [0.1, 0.15) is 34.1 Å². The molecule has 0 unspecified atom stereocenters. The fourth-order valence-corrected chi connectivity index (χ4v) is 6.95. The van der Waals surface area contributed by atoms with Crippen molar-refractivity contribution in [1.82, 2.24) is 0 Å². The standard InChI is InChI=1S/C32H30O14/c1-13-9-17(34)25-18(35)11-31(29(39)41-3,20-7-8-21(37)43-20)46-27(25)23(13)15-5-6-16(33)24-19(36)12-32(30(40)42-4,45-26(15)24)28-14(2)10-22(38)44-28/h5-6,9,14,20,28,33-34H,7-8,10-12H2,1-4H3/t14-,20-,28-,31+,32-/m0/s1. The van der Waals surface area contributed by atoms with E-state index in [1.54, 1.807) is 13.8 Å². The van der Waals surface area contributed by atoms with Crippen LogP contribution < -0.4 is 9.47 Å². The molecule has 4 aliphatic heterocycles. The molecule has 6 rings (SSSR count). The van der Waals surface area contributed by atoms with Crippen LogP contribution in [0.15, 0.2) is 18.2 Å². The van der Waals surface area contributed by atoms with E-state index in [0.717, 1.165) is 14.2 Å². The van der Waals surface area contributed by atoms with Crippen LogP contribution in [-0.4, -0.2) is 83.3 Å². The number of methoxy groups -OCH3 is 2. The van der Waals surface area contributed by atoms with Crippen molar-refractivity contribution in [3.8, 4) is 34.1 Å². The van der Waals surface area contributed by atoms with Crippen molar-refractivity contribution >= 4 is 35.4 Å². The highest BCUT2D eigenvalue weighted by molar-refractivity contribution is 6.11. The van der Waals surface area contributed by atoms with E-state index in [9.17, 15) is 39.0 Å². The van der Waals surface area contributed by atoms with Crippen LogP contribution >= 0.6 is 0 Å². The number of hydrogen-bond acceptors (Lipinski definition) is 14. The first kappa shape index (κ1) is 30.9. The van der Waals surface area contributed by atoms with E-state index in [-0.39, 0.29) is 58.6 Å². The van der Waals surface area contributed by atoms with Gasteiger partial charge in [-0.25, -0.2) is 9.59 Å². The van der Waals surface area contributed by atoms with Crippen LogP contribution in [0.3, 0.4) is 0 Å². The molecule has 0 radical (unpaired) electrons. The Hall–Kier alpha value is -5.14. The maximum absolute atomic E-state index is 13.8. The van der Waals surface area contributed by atoms with Gasteiger partial charge in [-0.2, -0.15) is 0 Å². The number of carbonyl (C=O) groups excluding carboxylic acids is 6. The average Bonchev–Trinajstić information content (AvgIpc) is 3.60. The minimum absolute atomic E-state index is 0.0248. The van der Waals surface area contributed by atoms with Crippen LogP contribution in [0.1, 0.15) is 65.3 Å². The molecular weight excluding hydrogens is 608 g/mol. The number of carbonyl (C=O) groups is 6. The number of benzene rings is 2. The van der Waals surface area contributed by atoms with Crippen molar-refractivity contribution in [2.45, 2.75) is 69.4 Å². The molecule has 4 heterocycles. The normalized spacial score (nSPS) is 28.3. The van der Waals surface area contributed by atoms with Crippen LogP contribution in [-0.2, 0) is 38.1 Å². The number of phenolic OH excluding ortho intramolecular Hbond substituents is 2. The molecule has 2 saturated heterocycles. The lowest BCUT2D eigenvalue weighted by Crippen LogP contribution is -2.59. The van der Waals surface area contributed by atoms with Gasteiger partial charge in [-0.1, -0.05) is 6.92 Å². The zero-order chi connectivity index (χ0) is 33.3. The van der Waals surface area contributed by atoms with E-state index in [4.69, 9.17) is 28.4 Å². The fourth-order valence-electron chi connectivity index (χ4n) is 6.95. The summed E-state index contributed by atoms with van der Waals surface area (Å²) in [5.74, 6) is -6.82. The van der Waals surface area contributed by atoms with E-state index in [2.05, 4.69) is 0 Å². The molecular formula is C32H30O14. The number of ether oxygens (including phenoxy) is 6. The highest BCUT2D eigenvalue weighted by Gasteiger charge is 2.61. The Morgan fingerprint density at radius 1 is 0.826 bits per heavy atom. The quantitative estimate of drug-likeness (QED) is 0.358. The molecule has 0 bridgehead atoms. The summed E-state index contributed by atoms with van der Waals surface area (Å²) in [6.07, 6.45) is -3.76. The summed E-state index contributed by atoms with van der Waals surface area (Å²) in [4.78, 5) is 78.6. The molecule has 0 amide bonds. The Balaban J connectivity index is 1.60. The van der Waals surface area contributed by atoms with E-state index in [1.165, 1.54) is 18.2 Å². The highest BCUT2D eigenvalue weighted by atomic mass is 16.6. The Morgan fingerprint density at radius 2 is 1.43 bits per heavy atom. The molecule has 2 N–H and O–H groups in total. The minimum atomic E-state index is -2.15. The molecule has 0 saturated carbocycles. The molecule has 46 heavy (non-hydrogen) atoms. The van der Waals surface area contributed by atoms with Gasteiger partial charge in [-0.05, 0) is 37.1 Å². The number of fused-ring (bicyclic) bond motifs is 2. The molecule has 4 aliphatic rings. The molecule has 14 nitrogen and oxygen atoms in total. The van der Waals surface area contributed by atoms with Gasteiger partial charge in [0.05, 0.1) is 33.5 Å². The SMILES string of the molecule is COC(=O)[C@]1([C@@H]2CCC(=O)O2)CC(=O)c2c(O)cc(C)c(-c3ccc(O)c4c3O[C@](C(=O)OC)([C@H]3OC(=O)C[C@@H]3C)CC4=O)c2O1. The van der Waals surface area contributed by atoms with Crippen molar-refractivity contribution in [3.05, 3.63) is 34.9 Å². The maximum Gasteiger partial charge on any atom is 0.354 e. The van der Waals surface area contributed by atoms with Gasteiger partial charge in [0, 0.05) is 23.5 Å². The number of esters is 4. The molecule has 2 fully saturated rings. The number of rotatable bonds is 5. The van der Waals surface area contributed by atoms with Crippen LogP contribution in [0.5, 0.6) is 23.0 Å². The number of aromatic hydroxyl groups is 2. The monoisotopic (exact) mass is 638 g/mol. The van der Waals surface area contributed by atoms with Gasteiger partial charge in [-0.3, -0.25) is 19.2 Å². The van der Waals surface area contributed by atoms with Gasteiger partial charge in [0.15, 0.2) is 23.8 Å². The predicted octanol–water partition coefficient (Wildman–Crippen LogP) is 2.48. The lowest BCUT2D eigenvalue weighted by Gasteiger charge is -2.41. The average molecular weight is 639 g/mol. The number of Topliss-reactive ketones (excluding diaryl/α,β-unsaturated/α-hetero) is 2. The van der Waals surface area contributed by atoms with Crippen LogP contribution in [0.4, 0.5) is 0 Å². The summed E-state index contributed by atoms with van der Waals surface area (Å²) in [6.45, 7) is 3.20. The summed E-state index contributed by atoms with van der Waals surface area (Å²) < 4.78 is 33.6. The smallest absolute Gasteiger partial charge is 0.354 e. The number of hydrogen-bond donors (Lipinski definition) is 2. The Labute approximate surface area is 261 Å². The van der Waals surface area contributed by atoms with Gasteiger partial charge < -0.3 is 38.6 Å². The van der Waals surface area contributed by atoms with Crippen molar-refractivity contribution in [3.63, 3.8) is 0 Å². The Kier molecular flexibility index (Phi) is 7.21. The summed E-state index contributed by atoms with van der Waals surface area (Å²) >= 11 is 0. The Bertz CT molecular complexity index is 1740. The van der Waals surface area contributed by atoms with Crippen molar-refractivity contribution in [2.24, 2.45) is 5.92 Å². The first-order chi connectivity index (χ1) is 21.8. The molecule has 242 valence electrons. The number of cyclic esters (lactones) is 2. The van der Waals surface area contributed by atoms with Crippen molar-refractivity contribution in [1.29, 1.82) is 0 Å². The number of ketones is 2. The van der Waals surface area contributed by atoms with Gasteiger partial charge in [-0.15, -0.1) is 0 Å². The van der Waals surface area contributed by atoms with Crippen LogP contribution in [0, 0.1) is 12.8 Å². The van der Waals surface area contributed by atoms with Crippen LogP contribution in [0.2, 0.25) is 0 Å². The predicted molar refractivity (Wildman–Crippen MR) is 151 cm³/mol. The molecule has 0 spiro atoms. The lowest BCUT2D eigenvalue weighted by atomic mass is 9.78. The molecule has 2 aromatic rings. The lowest BCUT2D eigenvalue weighted by molar-refractivity contribution is -0.178. The van der Waals surface area contributed by atoms with E-state index in [1.807, 2.05) is 0 Å². The molecule has 2 aromatic carbocycles. The zero-order valence-corrected chi connectivity index (χ0v) is 25.3. The minimum Gasteiger partial charge on any atom is -0.507 e. The zero-order valence-electron chi connectivity index (χ0n) is 25.3. The van der Waals surface area contributed by atoms with Crippen molar-refractivity contribution < 1.29 is 67.4 Å². The summed E-state index contributed by atoms with van der Waals surface area (Å²) in [5.41, 5.74) is -4.53. The molecule has 14 heteroatoms. The van der Waals surface area contributed by atoms with E-state index >= 15 is 0 Å². The van der Waals surface area contributed by atoms with Gasteiger partial charge in [0.25, 0.3) is 0 Å². The second-order valence-corrected chi connectivity index (χ2v) is 11.9. The maximum atomic E-state index is 13.8. The van der Waals surface area contributed by atoms with Crippen molar-refractivity contribution in [2.75, 3.05) is 14.2 Å². The summed E-state index contributed by atoms with van der Waals surface area (Å²) in [5, 5.41) is 21.8. The third-order valence-electron chi connectivity index (χ3n) is 9.03. The largest absolute Gasteiger partial charge is 0.507 e. The first-order valence-corrected chi connectivity index (χ1v) is 14.5. The second kappa shape index (κ2) is 10.7. The molecule has 0 aliphatic carbocycles. The molecule has 5 atom stereocenters. The third kappa shape index (κ3) is 4.37. The first-order valence-electron chi connectivity index (χ1n) is 14.5. The molecule has 0 aromatic heterocycles. The number of aryl methyl sites for hydroxylation is 1. The number of phenols is 2. The Morgan fingerprint density at radius 3 is 2.02 bits per heavy atom. The fraction of sp³-hybridized carbons (Fsp3) is 0.438. The highest BCUT2D eigenvalue weighted by Crippen LogP contribution is 2.54. The van der Waals surface area contributed by atoms with Gasteiger partial charge in [0.2, 0.25) is 11.2 Å². The third-order valence-corrected chi connectivity index (χ3v) is 9.03. The summed E-state index contributed by atoms with van der Waals surface area (Å²) in [7, 11) is 2.16. The van der Waals surface area contributed by atoms with E-state index in [0.29, 0.717) is 0 Å². The van der Waals surface area contributed by atoms with Gasteiger partial charge >= 0.3 is 23.9 Å². The second-order valence-electron chi connectivity index (χ2n) is 11.9. The van der Waals surface area contributed by atoms with E-state index < -0.39 is 89.1 Å². The summed E-state index contributed by atoms with van der Waals surface area (Å²) in [6, 6.07) is 3.82. The topological polar surface area (TPSA) is 198 Å².